The molecule has 0 aliphatic rings. The molecule has 0 aliphatic carbocycles. The average molecular weight is 415 g/mol. The van der Waals surface area contributed by atoms with Crippen molar-refractivity contribution < 1.29 is 21.6 Å². The van der Waals surface area contributed by atoms with Crippen LogP contribution in [-0.4, -0.2) is 8.42 Å². The molecule has 22 heavy (non-hydrogen) atoms. The van der Waals surface area contributed by atoms with Crippen molar-refractivity contribution in [2.45, 2.75) is 11.1 Å². The van der Waals surface area contributed by atoms with Gasteiger partial charge < -0.3 is 0 Å². The second-order valence-corrected chi connectivity index (χ2v) is 7.24. The lowest BCUT2D eigenvalue weighted by molar-refractivity contribution is -0.137. The largest absolute Gasteiger partial charge is 0.416 e. The SMILES string of the molecule is O=S(=O)(Nc1cc(Br)cc(C(F)(F)F)c1)c1ccccc1Cl. The van der Waals surface area contributed by atoms with E-state index < -0.39 is 21.8 Å². The Hall–Kier alpha value is -1.25. The first kappa shape index (κ1) is 17.1. The summed E-state index contributed by atoms with van der Waals surface area (Å²) in [4.78, 5) is -0.217. The van der Waals surface area contributed by atoms with Gasteiger partial charge in [-0.05, 0) is 30.3 Å². The normalized spacial score (nSPS) is 12.2. The Balaban J connectivity index is 2.43. The molecular formula is C13H8BrClF3NO2S. The van der Waals surface area contributed by atoms with E-state index in [0.29, 0.717) is 6.07 Å². The summed E-state index contributed by atoms with van der Waals surface area (Å²) in [5.41, 5.74) is -1.19. The van der Waals surface area contributed by atoms with Crippen molar-refractivity contribution in [3.63, 3.8) is 0 Å². The molecule has 0 fully saturated rings. The number of sulfonamides is 1. The summed E-state index contributed by atoms with van der Waals surface area (Å²) in [6.07, 6.45) is -4.59. The second kappa shape index (κ2) is 6.10. The number of halogens is 5. The average Bonchev–Trinajstić information content (AvgIpc) is 2.36. The summed E-state index contributed by atoms with van der Waals surface area (Å²) < 4.78 is 64.8. The van der Waals surface area contributed by atoms with Gasteiger partial charge in [0.05, 0.1) is 16.3 Å². The van der Waals surface area contributed by atoms with E-state index in [0.717, 1.165) is 6.07 Å². The number of alkyl halides is 3. The monoisotopic (exact) mass is 413 g/mol. The van der Waals surface area contributed by atoms with Crippen LogP contribution in [-0.2, 0) is 16.2 Å². The number of benzene rings is 2. The van der Waals surface area contributed by atoms with Gasteiger partial charge in [-0.1, -0.05) is 39.7 Å². The maximum atomic E-state index is 12.7. The first-order valence-corrected chi connectivity index (χ1v) is 8.40. The van der Waals surface area contributed by atoms with E-state index in [1.54, 1.807) is 6.07 Å². The Morgan fingerprint density at radius 2 is 1.73 bits per heavy atom. The van der Waals surface area contributed by atoms with E-state index in [4.69, 9.17) is 11.6 Å². The molecular weight excluding hydrogens is 407 g/mol. The van der Waals surface area contributed by atoms with Gasteiger partial charge in [0.25, 0.3) is 10.0 Å². The summed E-state index contributed by atoms with van der Waals surface area (Å²) in [5, 5.41) is -0.0268. The smallest absolute Gasteiger partial charge is 0.280 e. The molecule has 9 heteroatoms. The van der Waals surface area contributed by atoms with Crippen LogP contribution in [0.3, 0.4) is 0 Å². The molecule has 118 valence electrons. The van der Waals surface area contributed by atoms with Crippen LogP contribution in [0.2, 0.25) is 5.02 Å². The van der Waals surface area contributed by atoms with E-state index in [2.05, 4.69) is 20.7 Å². The van der Waals surface area contributed by atoms with Crippen molar-refractivity contribution in [3.05, 3.63) is 57.5 Å². The summed E-state index contributed by atoms with van der Waals surface area (Å²) >= 11 is 8.72. The molecule has 0 saturated heterocycles. The highest BCUT2D eigenvalue weighted by Crippen LogP contribution is 2.34. The van der Waals surface area contributed by atoms with Crippen molar-refractivity contribution in [3.8, 4) is 0 Å². The lowest BCUT2D eigenvalue weighted by Crippen LogP contribution is -2.14. The van der Waals surface area contributed by atoms with Crippen molar-refractivity contribution in [2.75, 3.05) is 4.72 Å². The fourth-order valence-corrected chi connectivity index (χ4v) is 3.74. The third-order valence-corrected chi connectivity index (χ3v) is 4.94. The van der Waals surface area contributed by atoms with E-state index >= 15 is 0 Å². The highest BCUT2D eigenvalue weighted by atomic mass is 79.9. The third-order valence-electron chi connectivity index (χ3n) is 2.60. The quantitative estimate of drug-likeness (QED) is 0.775. The Morgan fingerprint density at radius 3 is 2.32 bits per heavy atom. The van der Waals surface area contributed by atoms with Gasteiger partial charge in [0, 0.05) is 4.47 Å². The predicted molar refractivity (Wildman–Crippen MR) is 81.4 cm³/mol. The number of nitrogens with one attached hydrogen (secondary N) is 1. The molecule has 2 rings (SSSR count). The zero-order chi connectivity index (χ0) is 16.5. The number of hydrogen-bond acceptors (Lipinski definition) is 2. The van der Waals surface area contributed by atoms with Gasteiger partial charge in [0.15, 0.2) is 0 Å². The molecule has 0 bridgehead atoms. The zero-order valence-electron chi connectivity index (χ0n) is 10.7. The van der Waals surface area contributed by atoms with Crippen LogP contribution in [0.15, 0.2) is 51.8 Å². The molecule has 0 amide bonds. The first-order valence-electron chi connectivity index (χ1n) is 5.75. The lowest BCUT2D eigenvalue weighted by atomic mass is 10.2. The van der Waals surface area contributed by atoms with Crippen LogP contribution in [0.4, 0.5) is 18.9 Å². The van der Waals surface area contributed by atoms with Crippen molar-refractivity contribution >= 4 is 43.2 Å². The van der Waals surface area contributed by atoms with Gasteiger partial charge in [-0.25, -0.2) is 8.42 Å². The third kappa shape index (κ3) is 3.93. The van der Waals surface area contributed by atoms with Gasteiger partial charge >= 0.3 is 6.18 Å². The second-order valence-electron chi connectivity index (χ2n) is 4.26. The molecule has 2 aromatic rings. The fraction of sp³-hybridized carbons (Fsp3) is 0.0769. The van der Waals surface area contributed by atoms with Crippen molar-refractivity contribution in [1.29, 1.82) is 0 Å². The Labute approximate surface area is 138 Å². The predicted octanol–water partition coefficient (Wildman–Crippen LogP) is 4.92. The number of hydrogen-bond donors (Lipinski definition) is 1. The number of anilines is 1. The summed E-state index contributed by atoms with van der Waals surface area (Å²) in [6.45, 7) is 0. The molecule has 1 N–H and O–H groups in total. The summed E-state index contributed by atoms with van der Waals surface area (Å²) in [5.74, 6) is 0. The fourth-order valence-electron chi connectivity index (χ4n) is 1.69. The topological polar surface area (TPSA) is 46.2 Å². The van der Waals surface area contributed by atoms with Crippen LogP contribution in [0.1, 0.15) is 5.56 Å². The summed E-state index contributed by atoms with van der Waals surface area (Å²) in [6, 6.07) is 8.42. The van der Waals surface area contributed by atoms with E-state index in [1.165, 1.54) is 24.3 Å². The first-order chi connectivity index (χ1) is 10.1. The Bertz CT molecular complexity index is 809. The molecule has 2 aromatic carbocycles. The van der Waals surface area contributed by atoms with Crippen LogP contribution < -0.4 is 4.72 Å². The lowest BCUT2D eigenvalue weighted by Gasteiger charge is -2.13. The molecule has 0 unspecified atom stereocenters. The van der Waals surface area contributed by atoms with Crippen molar-refractivity contribution in [2.24, 2.45) is 0 Å². The highest BCUT2D eigenvalue weighted by Gasteiger charge is 2.31. The van der Waals surface area contributed by atoms with E-state index in [9.17, 15) is 21.6 Å². The molecule has 0 aliphatic heterocycles. The molecule has 3 nitrogen and oxygen atoms in total. The van der Waals surface area contributed by atoms with Crippen LogP contribution >= 0.6 is 27.5 Å². The Morgan fingerprint density at radius 1 is 1.09 bits per heavy atom. The van der Waals surface area contributed by atoms with Gasteiger partial charge in [-0.3, -0.25) is 4.72 Å². The van der Waals surface area contributed by atoms with Crippen LogP contribution in [0, 0.1) is 0 Å². The number of rotatable bonds is 3. The standard InChI is InChI=1S/C13H8BrClF3NO2S/c14-9-5-8(13(16,17)18)6-10(7-9)19-22(20,21)12-4-2-1-3-11(12)15/h1-7,19H. The van der Waals surface area contributed by atoms with Gasteiger partial charge in [0.1, 0.15) is 4.90 Å². The van der Waals surface area contributed by atoms with Gasteiger partial charge in [0.2, 0.25) is 0 Å². The van der Waals surface area contributed by atoms with Gasteiger partial charge in [-0.2, -0.15) is 13.2 Å². The molecule has 0 aromatic heterocycles. The maximum Gasteiger partial charge on any atom is 0.416 e. The van der Waals surface area contributed by atoms with Crippen molar-refractivity contribution in [1.82, 2.24) is 0 Å². The molecule has 0 heterocycles. The Kier molecular flexibility index (Phi) is 4.74. The minimum absolute atomic E-state index is 0.0268. The molecule has 0 atom stereocenters. The van der Waals surface area contributed by atoms with Crippen LogP contribution in [0.5, 0.6) is 0 Å². The zero-order valence-corrected chi connectivity index (χ0v) is 13.8. The van der Waals surface area contributed by atoms with E-state index in [1.807, 2.05) is 0 Å². The van der Waals surface area contributed by atoms with Crippen LogP contribution in [0.25, 0.3) is 0 Å². The highest BCUT2D eigenvalue weighted by molar-refractivity contribution is 9.10. The molecule has 0 radical (unpaired) electrons. The minimum atomic E-state index is -4.59. The summed E-state index contributed by atoms with van der Waals surface area (Å²) in [7, 11) is -4.09. The van der Waals surface area contributed by atoms with Gasteiger partial charge in [-0.15, -0.1) is 0 Å². The van der Waals surface area contributed by atoms with E-state index in [-0.39, 0.29) is 20.1 Å². The maximum absolute atomic E-state index is 12.7. The molecule has 0 spiro atoms. The molecule has 0 saturated carbocycles. The minimum Gasteiger partial charge on any atom is -0.280 e.